The standard InChI is InChI=1S/C12H15FO5/c1-16-9-5-7(4-8(13)12(14)15)6-10(17-2)11(9)18-3/h5-6,8H,4H2,1-3H3,(H,14,15). The molecule has 0 radical (unpaired) electrons. The van der Waals surface area contributed by atoms with Gasteiger partial charge in [0.1, 0.15) is 0 Å². The van der Waals surface area contributed by atoms with Gasteiger partial charge in [-0.2, -0.15) is 0 Å². The Kier molecular flexibility index (Phi) is 4.76. The molecule has 1 rings (SSSR count). The second-order valence-corrected chi connectivity index (χ2v) is 3.54. The molecule has 1 unspecified atom stereocenters. The van der Waals surface area contributed by atoms with Gasteiger partial charge in [-0.3, -0.25) is 0 Å². The average Bonchev–Trinajstić information content (AvgIpc) is 2.37. The van der Waals surface area contributed by atoms with E-state index in [0.717, 1.165) is 0 Å². The number of carboxylic acid groups (broad SMARTS) is 1. The molecule has 0 saturated carbocycles. The molecule has 0 fully saturated rings. The molecular formula is C12H15FO5. The van der Waals surface area contributed by atoms with Gasteiger partial charge in [0.15, 0.2) is 11.5 Å². The van der Waals surface area contributed by atoms with Gasteiger partial charge in [0.25, 0.3) is 0 Å². The predicted molar refractivity (Wildman–Crippen MR) is 62.3 cm³/mol. The molecule has 0 aliphatic carbocycles. The lowest BCUT2D eigenvalue weighted by Crippen LogP contribution is -2.17. The average molecular weight is 258 g/mol. The Morgan fingerprint density at radius 3 is 2.06 bits per heavy atom. The van der Waals surface area contributed by atoms with E-state index >= 15 is 0 Å². The van der Waals surface area contributed by atoms with Crippen molar-refractivity contribution in [1.82, 2.24) is 0 Å². The number of carboxylic acids is 1. The molecule has 0 spiro atoms. The predicted octanol–water partition coefficient (Wildman–Crippen LogP) is 1.68. The molecule has 6 heteroatoms. The Morgan fingerprint density at radius 2 is 1.72 bits per heavy atom. The van der Waals surface area contributed by atoms with Crippen molar-refractivity contribution >= 4 is 5.97 Å². The van der Waals surface area contributed by atoms with E-state index in [2.05, 4.69) is 0 Å². The van der Waals surface area contributed by atoms with E-state index in [-0.39, 0.29) is 6.42 Å². The first-order chi connectivity index (χ1) is 8.53. The van der Waals surface area contributed by atoms with Crippen molar-refractivity contribution in [3.05, 3.63) is 17.7 Å². The highest BCUT2D eigenvalue weighted by Gasteiger charge is 2.19. The molecule has 18 heavy (non-hydrogen) atoms. The molecule has 100 valence electrons. The molecule has 1 aromatic rings. The van der Waals surface area contributed by atoms with E-state index in [1.807, 2.05) is 0 Å². The summed E-state index contributed by atoms with van der Waals surface area (Å²) in [5, 5.41) is 8.53. The van der Waals surface area contributed by atoms with Crippen LogP contribution in [0.25, 0.3) is 0 Å². The van der Waals surface area contributed by atoms with Crippen LogP contribution in [0.15, 0.2) is 12.1 Å². The summed E-state index contributed by atoms with van der Waals surface area (Å²) in [5.41, 5.74) is 0.458. The number of benzene rings is 1. The van der Waals surface area contributed by atoms with Crippen molar-refractivity contribution in [1.29, 1.82) is 0 Å². The van der Waals surface area contributed by atoms with Crippen LogP contribution in [-0.4, -0.2) is 38.6 Å². The second kappa shape index (κ2) is 6.09. The molecule has 1 aromatic carbocycles. The Balaban J connectivity index is 3.11. The Hall–Kier alpha value is -1.98. The second-order valence-electron chi connectivity index (χ2n) is 3.54. The fraction of sp³-hybridized carbons (Fsp3) is 0.417. The summed E-state index contributed by atoms with van der Waals surface area (Å²) in [6.45, 7) is 0. The van der Waals surface area contributed by atoms with Crippen LogP contribution in [0.4, 0.5) is 4.39 Å². The topological polar surface area (TPSA) is 65.0 Å². The fourth-order valence-electron chi connectivity index (χ4n) is 1.55. The van der Waals surface area contributed by atoms with E-state index in [4.69, 9.17) is 19.3 Å². The summed E-state index contributed by atoms with van der Waals surface area (Å²) in [4.78, 5) is 10.5. The normalized spacial score (nSPS) is 11.8. The molecule has 0 heterocycles. The minimum Gasteiger partial charge on any atom is -0.493 e. The monoisotopic (exact) mass is 258 g/mol. The largest absolute Gasteiger partial charge is 0.493 e. The SMILES string of the molecule is COc1cc(CC(F)C(=O)O)cc(OC)c1OC. The Morgan fingerprint density at radius 1 is 1.22 bits per heavy atom. The lowest BCUT2D eigenvalue weighted by atomic mass is 10.1. The Bertz CT molecular complexity index is 407. The van der Waals surface area contributed by atoms with Crippen molar-refractivity contribution in [2.75, 3.05) is 21.3 Å². The van der Waals surface area contributed by atoms with Crippen molar-refractivity contribution in [2.45, 2.75) is 12.6 Å². The maximum Gasteiger partial charge on any atom is 0.338 e. The number of alkyl halides is 1. The number of ether oxygens (including phenoxy) is 3. The van der Waals surface area contributed by atoms with E-state index in [1.165, 1.54) is 33.5 Å². The zero-order valence-electron chi connectivity index (χ0n) is 10.4. The highest BCUT2D eigenvalue weighted by Crippen LogP contribution is 2.38. The maximum absolute atomic E-state index is 13.2. The maximum atomic E-state index is 13.2. The summed E-state index contributed by atoms with van der Waals surface area (Å²) in [6.07, 6.45) is -2.22. The third kappa shape index (κ3) is 3.03. The highest BCUT2D eigenvalue weighted by molar-refractivity contribution is 5.72. The first-order valence-corrected chi connectivity index (χ1v) is 5.19. The summed E-state index contributed by atoms with van der Waals surface area (Å²) in [7, 11) is 4.33. The molecule has 1 atom stereocenters. The third-order valence-electron chi connectivity index (χ3n) is 2.41. The van der Waals surface area contributed by atoms with Crippen LogP contribution in [0.2, 0.25) is 0 Å². The lowest BCUT2D eigenvalue weighted by molar-refractivity contribution is -0.142. The molecule has 0 amide bonds. The van der Waals surface area contributed by atoms with E-state index < -0.39 is 12.1 Å². The van der Waals surface area contributed by atoms with Gasteiger partial charge >= 0.3 is 5.97 Å². The minimum atomic E-state index is -1.96. The van der Waals surface area contributed by atoms with Gasteiger partial charge < -0.3 is 19.3 Å². The molecule has 5 nitrogen and oxygen atoms in total. The van der Waals surface area contributed by atoms with Gasteiger partial charge in [-0.1, -0.05) is 0 Å². The zero-order chi connectivity index (χ0) is 13.7. The van der Waals surface area contributed by atoms with Crippen LogP contribution in [0.3, 0.4) is 0 Å². The number of rotatable bonds is 6. The van der Waals surface area contributed by atoms with Gasteiger partial charge in [-0.05, 0) is 17.7 Å². The van der Waals surface area contributed by atoms with Crippen LogP contribution >= 0.6 is 0 Å². The van der Waals surface area contributed by atoms with Gasteiger partial charge in [0.2, 0.25) is 11.9 Å². The summed E-state index contributed by atoms with van der Waals surface area (Å²) >= 11 is 0. The number of aliphatic carboxylic acids is 1. The Labute approximate surface area is 104 Å². The number of methoxy groups -OCH3 is 3. The van der Waals surface area contributed by atoms with E-state index in [9.17, 15) is 9.18 Å². The van der Waals surface area contributed by atoms with Crippen LogP contribution in [0.5, 0.6) is 17.2 Å². The number of carbonyl (C=O) groups is 1. The number of hydrogen-bond acceptors (Lipinski definition) is 4. The molecule has 0 aliphatic rings. The van der Waals surface area contributed by atoms with Crippen molar-refractivity contribution in [2.24, 2.45) is 0 Å². The van der Waals surface area contributed by atoms with Crippen LogP contribution < -0.4 is 14.2 Å². The minimum absolute atomic E-state index is 0.258. The summed E-state index contributed by atoms with van der Waals surface area (Å²) < 4.78 is 28.4. The quantitative estimate of drug-likeness (QED) is 0.841. The van der Waals surface area contributed by atoms with Gasteiger partial charge in [0, 0.05) is 6.42 Å². The first kappa shape index (κ1) is 14.1. The molecular weight excluding hydrogens is 243 g/mol. The summed E-state index contributed by atoms with van der Waals surface area (Å²) in [6, 6.07) is 3.05. The lowest BCUT2D eigenvalue weighted by Gasteiger charge is -2.14. The van der Waals surface area contributed by atoms with Crippen LogP contribution in [0.1, 0.15) is 5.56 Å². The van der Waals surface area contributed by atoms with Gasteiger partial charge in [-0.25, -0.2) is 9.18 Å². The van der Waals surface area contributed by atoms with Crippen molar-refractivity contribution in [3.8, 4) is 17.2 Å². The van der Waals surface area contributed by atoms with Crippen LogP contribution in [0, 0.1) is 0 Å². The zero-order valence-corrected chi connectivity index (χ0v) is 10.4. The van der Waals surface area contributed by atoms with E-state index in [0.29, 0.717) is 22.8 Å². The summed E-state index contributed by atoms with van der Waals surface area (Å²) in [5.74, 6) is -0.382. The van der Waals surface area contributed by atoms with Crippen LogP contribution in [-0.2, 0) is 11.2 Å². The molecule has 1 N–H and O–H groups in total. The van der Waals surface area contributed by atoms with Crippen molar-refractivity contribution in [3.63, 3.8) is 0 Å². The third-order valence-corrected chi connectivity index (χ3v) is 2.41. The molecule has 0 bridgehead atoms. The van der Waals surface area contributed by atoms with Crippen molar-refractivity contribution < 1.29 is 28.5 Å². The first-order valence-electron chi connectivity index (χ1n) is 5.19. The number of hydrogen-bond donors (Lipinski definition) is 1. The highest BCUT2D eigenvalue weighted by atomic mass is 19.1. The van der Waals surface area contributed by atoms with Gasteiger partial charge in [-0.15, -0.1) is 0 Å². The molecule has 0 aliphatic heterocycles. The van der Waals surface area contributed by atoms with E-state index in [1.54, 1.807) is 0 Å². The molecule has 0 aromatic heterocycles. The smallest absolute Gasteiger partial charge is 0.338 e. The fourth-order valence-corrected chi connectivity index (χ4v) is 1.55. The number of halogens is 1. The molecule has 0 saturated heterocycles. The van der Waals surface area contributed by atoms with Gasteiger partial charge in [0.05, 0.1) is 21.3 Å².